The molecular formula is C24H20F3N3O2. The standard InChI is InChI=1S/C24H20F3N3O2/c25-24(26,27)17-10-11-23(32)30(14-17)15-22(31)29-12-19(16-6-2-1-3-7-16)20-13-28-21-9-5-4-8-18(20)21/h1-11,13-14,19,28H,12,15H2,(H,29,31). The third kappa shape index (κ3) is 4.59. The monoisotopic (exact) mass is 439 g/mol. The van der Waals surface area contributed by atoms with Gasteiger partial charge in [-0.2, -0.15) is 13.2 Å². The lowest BCUT2D eigenvalue weighted by Crippen LogP contribution is -2.35. The fourth-order valence-electron chi connectivity index (χ4n) is 3.72. The molecule has 0 aliphatic rings. The average Bonchev–Trinajstić information content (AvgIpc) is 3.19. The molecule has 2 heterocycles. The van der Waals surface area contributed by atoms with Crippen molar-refractivity contribution in [3.05, 3.63) is 106 Å². The second kappa shape index (κ2) is 8.74. The van der Waals surface area contributed by atoms with Gasteiger partial charge in [0.25, 0.3) is 5.56 Å². The summed E-state index contributed by atoms with van der Waals surface area (Å²) in [5.74, 6) is -0.735. The van der Waals surface area contributed by atoms with E-state index in [0.29, 0.717) is 12.3 Å². The summed E-state index contributed by atoms with van der Waals surface area (Å²) in [4.78, 5) is 27.7. The molecule has 0 aliphatic heterocycles. The third-order valence-corrected chi connectivity index (χ3v) is 5.33. The zero-order valence-corrected chi connectivity index (χ0v) is 16.9. The fraction of sp³-hybridized carbons (Fsp3) is 0.167. The minimum absolute atomic E-state index is 0.186. The molecule has 0 fully saturated rings. The summed E-state index contributed by atoms with van der Waals surface area (Å²) < 4.78 is 39.6. The maximum Gasteiger partial charge on any atom is 0.417 e. The number of benzene rings is 2. The fourth-order valence-corrected chi connectivity index (χ4v) is 3.72. The van der Waals surface area contributed by atoms with E-state index in [0.717, 1.165) is 32.7 Å². The highest BCUT2D eigenvalue weighted by Crippen LogP contribution is 2.30. The molecule has 32 heavy (non-hydrogen) atoms. The number of nitrogens with zero attached hydrogens (tertiary/aromatic N) is 1. The van der Waals surface area contributed by atoms with Gasteiger partial charge in [0.15, 0.2) is 0 Å². The molecule has 2 aromatic carbocycles. The molecule has 2 aromatic heterocycles. The lowest BCUT2D eigenvalue weighted by Gasteiger charge is -2.18. The van der Waals surface area contributed by atoms with Crippen LogP contribution in [0.5, 0.6) is 0 Å². The molecule has 0 radical (unpaired) electrons. The van der Waals surface area contributed by atoms with E-state index >= 15 is 0 Å². The van der Waals surface area contributed by atoms with Crippen molar-refractivity contribution in [2.24, 2.45) is 0 Å². The maximum atomic E-state index is 12.9. The van der Waals surface area contributed by atoms with Crippen molar-refractivity contribution < 1.29 is 18.0 Å². The van der Waals surface area contributed by atoms with Crippen molar-refractivity contribution >= 4 is 16.8 Å². The van der Waals surface area contributed by atoms with E-state index < -0.39 is 29.8 Å². The molecule has 0 bridgehead atoms. The average molecular weight is 439 g/mol. The molecule has 0 saturated carbocycles. The molecule has 0 saturated heterocycles. The number of nitrogens with one attached hydrogen (secondary N) is 2. The van der Waals surface area contributed by atoms with E-state index in [4.69, 9.17) is 0 Å². The first-order valence-corrected chi connectivity index (χ1v) is 9.98. The minimum Gasteiger partial charge on any atom is -0.361 e. The Balaban J connectivity index is 1.56. The first kappa shape index (κ1) is 21.4. The number of pyridine rings is 1. The summed E-state index contributed by atoms with van der Waals surface area (Å²) >= 11 is 0. The Kier molecular flexibility index (Phi) is 5.85. The van der Waals surface area contributed by atoms with Crippen molar-refractivity contribution in [1.29, 1.82) is 0 Å². The lowest BCUT2D eigenvalue weighted by atomic mass is 9.91. The van der Waals surface area contributed by atoms with E-state index in [9.17, 15) is 22.8 Å². The van der Waals surface area contributed by atoms with Crippen molar-refractivity contribution in [3.63, 3.8) is 0 Å². The molecule has 1 amide bonds. The maximum absolute atomic E-state index is 12.9. The van der Waals surface area contributed by atoms with Crippen LogP contribution in [0.3, 0.4) is 0 Å². The quantitative estimate of drug-likeness (QED) is 0.471. The summed E-state index contributed by atoms with van der Waals surface area (Å²) in [6, 6.07) is 18.9. The zero-order valence-electron chi connectivity index (χ0n) is 16.9. The number of aromatic nitrogens is 2. The van der Waals surface area contributed by atoms with E-state index in [1.807, 2.05) is 60.8 Å². The molecule has 2 N–H and O–H groups in total. The van der Waals surface area contributed by atoms with E-state index in [1.165, 1.54) is 0 Å². The molecular weight excluding hydrogens is 419 g/mol. The number of rotatable bonds is 6. The van der Waals surface area contributed by atoms with Crippen LogP contribution >= 0.6 is 0 Å². The number of alkyl halides is 3. The van der Waals surface area contributed by atoms with Gasteiger partial charge in [-0.25, -0.2) is 0 Å². The van der Waals surface area contributed by atoms with Gasteiger partial charge in [-0.3, -0.25) is 9.59 Å². The second-order valence-electron chi connectivity index (χ2n) is 7.44. The van der Waals surface area contributed by atoms with Gasteiger partial charge >= 0.3 is 6.18 Å². The molecule has 4 aromatic rings. The van der Waals surface area contributed by atoms with Crippen LogP contribution < -0.4 is 10.9 Å². The Morgan fingerprint density at radius 1 is 1.00 bits per heavy atom. The van der Waals surface area contributed by atoms with E-state index in [2.05, 4.69) is 10.3 Å². The highest BCUT2D eigenvalue weighted by molar-refractivity contribution is 5.84. The first-order chi connectivity index (χ1) is 15.3. The number of amides is 1. The van der Waals surface area contributed by atoms with Crippen LogP contribution in [0.15, 0.2) is 83.9 Å². The SMILES string of the molecule is O=C(Cn1cc(C(F)(F)F)ccc1=O)NCC(c1ccccc1)c1c[nH]c2ccccc12. The third-order valence-electron chi connectivity index (χ3n) is 5.33. The molecule has 0 spiro atoms. The van der Waals surface area contributed by atoms with Gasteiger partial charge in [0.2, 0.25) is 5.91 Å². The van der Waals surface area contributed by atoms with E-state index in [1.54, 1.807) is 0 Å². The van der Waals surface area contributed by atoms with Crippen LogP contribution in [0.25, 0.3) is 10.9 Å². The Morgan fingerprint density at radius 3 is 2.47 bits per heavy atom. The number of fused-ring (bicyclic) bond motifs is 1. The van der Waals surface area contributed by atoms with E-state index in [-0.39, 0.29) is 12.5 Å². The Labute approximate surface area is 181 Å². The number of halogens is 3. The number of para-hydroxylation sites is 1. The normalized spacial score (nSPS) is 12.6. The van der Waals surface area contributed by atoms with Gasteiger partial charge < -0.3 is 14.9 Å². The number of aromatic amines is 1. The van der Waals surface area contributed by atoms with Gasteiger partial charge in [0, 0.05) is 41.8 Å². The van der Waals surface area contributed by atoms with Crippen LogP contribution in [0.1, 0.15) is 22.6 Å². The smallest absolute Gasteiger partial charge is 0.361 e. The Bertz CT molecular complexity index is 1290. The van der Waals surface area contributed by atoms with Crippen LogP contribution in [0, 0.1) is 0 Å². The Hall–Kier alpha value is -3.81. The molecule has 1 unspecified atom stereocenters. The number of carbonyl (C=O) groups excluding carboxylic acids is 1. The molecule has 5 nitrogen and oxygen atoms in total. The highest BCUT2D eigenvalue weighted by Gasteiger charge is 2.31. The van der Waals surface area contributed by atoms with Crippen LogP contribution in [0.2, 0.25) is 0 Å². The van der Waals surface area contributed by atoms with Crippen LogP contribution in [-0.4, -0.2) is 22.0 Å². The summed E-state index contributed by atoms with van der Waals surface area (Å²) in [6.45, 7) is -0.281. The summed E-state index contributed by atoms with van der Waals surface area (Å²) in [5.41, 5.74) is 1.28. The van der Waals surface area contributed by atoms with Crippen LogP contribution in [0.4, 0.5) is 13.2 Å². The predicted molar refractivity (Wildman–Crippen MR) is 115 cm³/mol. The van der Waals surface area contributed by atoms with Gasteiger partial charge in [0.1, 0.15) is 6.54 Å². The minimum atomic E-state index is -4.60. The van der Waals surface area contributed by atoms with Gasteiger partial charge in [0.05, 0.1) is 5.56 Å². The first-order valence-electron chi connectivity index (χ1n) is 9.98. The lowest BCUT2D eigenvalue weighted by molar-refractivity contribution is -0.138. The van der Waals surface area contributed by atoms with Crippen molar-refractivity contribution in [2.75, 3.05) is 6.54 Å². The summed E-state index contributed by atoms with van der Waals surface area (Å²) in [7, 11) is 0. The van der Waals surface area contributed by atoms with Crippen LogP contribution in [-0.2, 0) is 17.5 Å². The summed E-state index contributed by atoms with van der Waals surface area (Å²) in [5, 5.41) is 3.79. The number of hydrogen-bond acceptors (Lipinski definition) is 2. The molecule has 0 aliphatic carbocycles. The number of hydrogen-bond donors (Lipinski definition) is 2. The Morgan fingerprint density at radius 2 is 1.72 bits per heavy atom. The molecule has 1 atom stereocenters. The largest absolute Gasteiger partial charge is 0.417 e. The van der Waals surface area contributed by atoms with Crippen molar-refractivity contribution in [3.8, 4) is 0 Å². The summed E-state index contributed by atoms with van der Waals surface area (Å²) in [6.07, 6.45) is -2.04. The number of H-pyrrole nitrogens is 1. The molecule has 164 valence electrons. The predicted octanol–water partition coefficient (Wildman–Crippen LogP) is 4.30. The molecule has 8 heteroatoms. The number of carbonyl (C=O) groups is 1. The zero-order chi connectivity index (χ0) is 22.7. The van der Waals surface area contributed by atoms with Crippen molar-refractivity contribution in [2.45, 2.75) is 18.6 Å². The highest BCUT2D eigenvalue weighted by atomic mass is 19.4. The van der Waals surface area contributed by atoms with Gasteiger partial charge in [-0.05, 0) is 23.3 Å². The topological polar surface area (TPSA) is 66.9 Å². The molecule has 4 rings (SSSR count). The van der Waals surface area contributed by atoms with Crippen molar-refractivity contribution in [1.82, 2.24) is 14.9 Å². The van der Waals surface area contributed by atoms with Gasteiger partial charge in [-0.1, -0.05) is 48.5 Å². The second-order valence-corrected chi connectivity index (χ2v) is 7.44. The van der Waals surface area contributed by atoms with Gasteiger partial charge in [-0.15, -0.1) is 0 Å².